The highest BCUT2D eigenvalue weighted by atomic mass is 16.5. The molecule has 162 valence electrons. The number of amides is 2. The van der Waals surface area contributed by atoms with Crippen molar-refractivity contribution in [1.29, 1.82) is 0 Å². The molecule has 4 aliphatic rings. The first-order valence-corrected chi connectivity index (χ1v) is 11.9. The monoisotopic (exact) mass is 410 g/mol. The lowest BCUT2D eigenvalue weighted by Gasteiger charge is -2.34. The Bertz CT molecular complexity index is 773. The van der Waals surface area contributed by atoms with Crippen LogP contribution in [-0.4, -0.2) is 49.1 Å². The summed E-state index contributed by atoms with van der Waals surface area (Å²) in [4.78, 5) is 27.6. The van der Waals surface area contributed by atoms with Crippen LogP contribution in [0.15, 0.2) is 30.3 Å². The number of hydrogen-bond donors (Lipinski definition) is 1. The van der Waals surface area contributed by atoms with E-state index in [1.54, 1.807) is 0 Å². The van der Waals surface area contributed by atoms with Crippen LogP contribution in [0.5, 0.6) is 0 Å². The van der Waals surface area contributed by atoms with E-state index in [4.69, 9.17) is 4.74 Å². The molecule has 0 radical (unpaired) electrons. The molecule has 5 rings (SSSR count). The fourth-order valence-corrected chi connectivity index (χ4v) is 6.21. The quantitative estimate of drug-likeness (QED) is 0.809. The van der Waals surface area contributed by atoms with Crippen molar-refractivity contribution < 1.29 is 14.3 Å². The summed E-state index contributed by atoms with van der Waals surface area (Å²) in [5.41, 5.74) is 1.61. The molecule has 4 fully saturated rings. The molecule has 2 aliphatic carbocycles. The van der Waals surface area contributed by atoms with E-state index in [2.05, 4.69) is 35.6 Å². The molecule has 2 aliphatic heterocycles. The first kappa shape index (κ1) is 20.0. The molecule has 5 nitrogen and oxygen atoms in total. The van der Waals surface area contributed by atoms with Crippen LogP contribution in [0.25, 0.3) is 0 Å². The second-order valence-electron chi connectivity index (χ2n) is 10.0. The highest BCUT2D eigenvalue weighted by Crippen LogP contribution is 2.59. The maximum absolute atomic E-state index is 13.0. The van der Waals surface area contributed by atoms with Gasteiger partial charge in [0.25, 0.3) is 5.91 Å². The van der Waals surface area contributed by atoms with Crippen molar-refractivity contribution in [3.8, 4) is 0 Å². The summed E-state index contributed by atoms with van der Waals surface area (Å²) in [6.07, 6.45) is 9.31. The fraction of sp³-hybridized carbons (Fsp3) is 0.680. The molecule has 2 amide bonds. The number of benzene rings is 1. The predicted octanol–water partition coefficient (Wildman–Crippen LogP) is 3.42. The molecule has 0 unspecified atom stereocenters. The average Bonchev–Trinajstić information content (AvgIpc) is 3.19. The second-order valence-corrected chi connectivity index (χ2v) is 10.0. The number of hydrogen-bond acceptors (Lipinski definition) is 3. The summed E-state index contributed by atoms with van der Waals surface area (Å²) in [5, 5.41) is 3.34. The summed E-state index contributed by atoms with van der Waals surface area (Å²) in [5.74, 6) is 0.526. The third-order valence-electron chi connectivity index (χ3n) is 8.33. The van der Waals surface area contributed by atoms with E-state index >= 15 is 0 Å². The first-order chi connectivity index (χ1) is 14.6. The van der Waals surface area contributed by atoms with Gasteiger partial charge in [0, 0.05) is 37.6 Å². The Kier molecular flexibility index (Phi) is 5.34. The maximum atomic E-state index is 13.0. The molecule has 0 aromatic heterocycles. The van der Waals surface area contributed by atoms with Crippen LogP contribution in [0.2, 0.25) is 0 Å². The third kappa shape index (κ3) is 3.66. The number of nitrogens with one attached hydrogen (secondary N) is 1. The normalized spacial score (nSPS) is 29.1. The molecule has 2 saturated carbocycles. The molecule has 0 bridgehead atoms. The summed E-state index contributed by atoms with van der Waals surface area (Å²) in [6, 6.07) is 10.7. The van der Waals surface area contributed by atoms with Crippen molar-refractivity contribution in [1.82, 2.24) is 10.2 Å². The standard InChI is InChI=1S/C25H34N2O3/c28-22(26-18-25(10-4-5-11-25)19-7-2-1-3-8-19)20-17-24(20)12-14-27(15-13-24)23(29)21-9-6-16-30-21/h1-3,7-8,20-21H,4-6,9-18H2,(H,26,28)/t20-,21+/m0/s1. The van der Waals surface area contributed by atoms with E-state index in [1.165, 1.54) is 18.4 Å². The van der Waals surface area contributed by atoms with E-state index in [9.17, 15) is 9.59 Å². The Morgan fingerprint density at radius 1 is 1.03 bits per heavy atom. The van der Waals surface area contributed by atoms with Crippen LogP contribution < -0.4 is 5.32 Å². The van der Waals surface area contributed by atoms with Gasteiger partial charge in [-0.05, 0) is 55.9 Å². The molecular weight excluding hydrogens is 376 g/mol. The van der Waals surface area contributed by atoms with Gasteiger partial charge in [0.2, 0.25) is 5.91 Å². The van der Waals surface area contributed by atoms with Crippen molar-refractivity contribution in [2.75, 3.05) is 26.2 Å². The van der Waals surface area contributed by atoms with Crippen LogP contribution in [-0.2, 0) is 19.7 Å². The van der Waals surface area contributed by atoms with Crippen molar-refractivity contribution in [3.05, 3.63) is 35.9 Å². The van der Waals surface area contributed by atoms with Crippen molar-refractivity contribution >= 4 is 11.8 Å². The Morgan fingerprint density at radius 2 is 1.77 bits per heavy atom. The maximum Gasteiger partial charge on any atom is 0.251 e. The summed E-state index contributed by atoms with van der Waals surface area (Å²) < 4.78 is 5.57. The van der Waals surface area contributed by atoms with E-state index in [-0.39, 0.29) is 34.7 Å². The number of ether oxygens (including phenoxy) is 1. The van der Waals surface area contributed by atoms with Crippen LogP contribution in [0, 0.1) is 11.3 Å². The zero-order valence-electron chi connectivity index (χ0n) is 17.9. The second kappa shape index (κ2) is 7.99. The lowest BCUT2D eigenvalue weighted by atomic mass is 9.78. The van der Waals surface area contributed by atoms with Gasteiger partial charge in [0.05, 0.1) is 0 Å². The minimum absolute atomic E-state index is 0.107. The van der Waals surface area contributed by atoms with Crippen molar-refractivity contribution in [2.24, 2.45) is 11.3 Å². The van der Waals surface area contributed by atoms with Gasteiger partial charge in [-0.1, -0.05) is 43.2 Å². The molecule has 2 atom stereocenters. The summed E-state index contributed by atoms with van der Waals surface area (Å²) >= 11 is 0. The van der Waals surface area contributed by atoms with E-state index in [0.29, 0.717) is 6.61 Å². The number of nitrogens with zero attached hydrogens (tertiary/aromatic N) is 1. The van der Waals surface area contributed by atoms with E-state index < -0.39 is 0 Å². The molecule has 30 heavy (non-hydrogen) atoms. The molecule has 2 saturated heterocycles. The number of carbonyl (C=O) groups excluding carboxylic acids is 2. The molecule has 2 heterocycles. The van der Waals surface area contributed by atoms with Gasteiger partial charge in [-0.15, -0.1) is 0 Å². The minimum atomic E-state index is -0.224. The lowest BCUT2D eigenvalue weighted by molar-refractivity contribution is -0.142. The summed E-state index contributed by atoms with van der Waals surface area (Å²) in [6.45, 7) is 3.01. The van der Waals surface area contributed by atoms with Gasteiger partial charge in [-0.25, -0.2) is 0 Å². The van der Waals surface area contributed by atoms with Crippen molar-refractivity contribution in [3.63, 3.8) is 0 Å². The van der Waals surface area contributed by atoms with E-state index in [1.807, 2.05) is 4.90 Å². The molecule has 1 aromatic rings. The number of rotatable bonds is 5. The van der Waals surface area contributed by atoms with Gasteiger partial charge < -0.3 is 15.0 Å². The van der Waals surface area contributed by atoms with Gasteiger partial charge in [0.1, 0.15) is 6.10 Å². The largest absolute Gasteiger partial charge is 0.368 e. The Morgan fingerprint density at radius 3 is 2.43 bits per heavy atom. The molecule has 1 aromatic carbocycles. The van der Waals surface area contributed by atoms with Crippen LogP contribution in [0.4, 0.5) is 0 Å². The SMILES string of the molecule is O=C(NCC1(c2ccccc2)CCCC1)[C@@H]1CC12CCN(C(=O)[C@H]1CCCO1)CC2. The van der Waals surface area contributed by atoms with Gasteiger partial charge in [-0.3, -0.25) is 9.59 Å². The van der Waals surface area contributed by atoms with Gasteiger partial charge in [0.15, 0.2) is 0 Å². The number of likely N-dealkylation sites (tertiary alicyclic amines) is 1. The minimum Gasteiger partial charge on any atom is -0.368 e. The molecule has 5 heteroatoms. The number of piperidine rings is 1. The smallest absolute Gasteiger partial charge is 0.251 e. The fourth-order valence-electron chi connectivity index (χ4n) is 6.21. The highest BCUT2D eigenvalue weighted by molar-refractivity contribution is 5.83. The van der Waals surface area contributed by atoms with Crippen LogP contribution in [0.3, 0.4) is 0 Å². The van der Waals surface area contributed by atoms with E-state index in [0.717, 1.165) is 64.6 Å². The zero-order chi connectivity index (χ0) is 20.6. The Hall–Kier alpha value is -1.88. The number of carbonyl (C=O) groups is 2. The third-order valence-corrected chi connectivity index (χ3v) is 8.33. The van der Waals surface area contributed by atoms with Crippen LogP contribution >= 0.6 is 0 Å². The zero-order valence-corrected chi connectivity index (χ0v) is 17.9. The molecule has 1 spiro atoms. The van der Waals surface area contributed by atoms with Crippen molar-refractivity contribution in [2.45, 2.75) is 69.3 Å². The topological polar surface area (TPSA) is 58.6 Å². The Balaban J connectivity index is 1.15. The van der Waals surface area contributed by atoms with Gasteiger partial charge in [-0.2, -0.15) is 0 Å². The lowest BCUT2D eigenvalue weighted by Crippen LogP contribution is -2.45. The summed E-state index contributed by atoms with van der Waals surface area (Å²) in [7, 11) is 0. The van der Waals surface area contributed by atoms with Crippen LogP contribution in [0.1, 0.15) is 63.4 Å². The predicted molar refractivity (Wildman–Crippen MR) is 115 cm³/mol. The molecule has 1 N–H and O–H groups in total. The highest BCUT2D eigenvalue weighted by Gasteiger charge is 2.59. The molecular formula is C25H34N2O3. The average molecular weight is 411 g/mol. The van der Waals surface area contributed by atoms with Gasteiger partial charge >= 0.3 is 0 Å². The first-order valence-electron chi connectivity index (χ1n) is 11.9. The Labute approximate surface area is 179 Å².